The Bertz CT molecular complexity index is 431. The van der Waals surface area contributed by atoms with Gasteiger partial charge in [0.1, 0.15) is 0 Å². The molecular weight excluding hydrogens is 248 g/mol. The van der Waals surface area contributed by atoms with Crippen molar-refractivity contribution >= 4 is 10.8 Å². The number of aryl methyl sites for hydroxylation is 1. The van der Waals surface area contributed by atoms with Crippen LogP contribution in [-0.4, -0.2) is 22.0 Å². The molecule has 100 valence electrons. The largest absolute Gasteiger partial charge is 0.454 e. The topological polar surface area (TPSA) is 35.5 Å². The van der Waals surface area contributed by atoms with E-state index in [2.05, 4.69) is 19.9 Å². The average molecular weight is 268 g/mol. The van der Waals surface area contributed by atoms with Gasteiger partial charge in [-0.3, -0.25) is 4.21 Å². The first-order chi connectivity index (χ1) is 8.70. The summed E-state index contributed by atoms with van der Waals surface area (Å²) in [5, 5.41) is 0.307. The molecular formula is C14H20O3S. The van der Waals surface area contributed by atoms with Crippen LogP contribution in [0.5, 0.6) is 11.5 Å². The predicted octanol–water partition coefficient (Wildman–Crippen LogP) is 2.90. The molecule has 18 heavy (non-hydrogen) atoms. The molecule has 2 rings (SSSR count). The van der Waals surface area contributed by atoms with Gasteiger partial charge in [-0.05, 0) is 37.0 Å². The zero-order valence-electron chi connectivity index (χ0n) is 11.0. The maximum Gasteiger partial charge on any atom is 0.231 e. The van der Waals surface area contributed by atoms with Gasteiger partial charge in [-0.1, -0.05) is 19.9 Å². The number of hydrogen-bond acceptors (Lipinski definition) is 3. The number of hydrogen-bond donors (Lipinski definition) is 0. The second-order valence-electron chi connectivity index (χ2n) is 4.59. The second-order valence-corrected chi connectivity index (χ2v) is 6.57. The quantitative estimate of drug-likeness (QED) is 0.796. The van der Waals surface area contributed by atoms with Gasteiger partial charge in [0.2, 0.25) is 6.79 Å². The summed E-state index contributed by atoms with van der Waals surface area (Å²) in [6.07, 6.45) is 2.88. The number of fused-ring (bicyclic) bond motifs is 1. The third-order valence-corrected chi connectivity index (χ3v) is 5.19. The van der Waals surface area contributed by atoms with E-state index in [4.69, 9.17) is 9.47 Å². The molecule has 1 aromatic rings. The van der Waals surface area contributed by atoms with E-state index < -0.39 is 10.8 Å². The van der Waals surface area contributed by atoms with E-state index in [1.807, 2.05) is 12.1 Å². The van der Waals surface area contributed by atoms with Gasteiger partial charge in [-0.2, -0.15) is 0 Å². The molecule has 0 fully saturated rings. The van der Waals surface area contributed by atoms with Crippen LogP contribution in [-0.2, 0) is 17.2 Å². The number of rotatable bonds is 6. The first kappa shape index (κ1) is 13.4. The third-order valence-electron chi connectivity index (χ3n) is 3.27. The smallest absolute Gasteiger partial charge is 0.231 e. The highest BCUT2D eigenvalue weighted by molar-refractivity contribution is 7.85. The van der Waals surface area contributed by atoms with Crippen LogP contribution < -0.4 is 9.47 Å². The van der Waals surface area contributed by atoms with Crippen LogP contribution in [0.4, 0.5) is 0 Å². The Morgan fingerprint density at radius 2 is 2.11 bits per heavy atom. The number of ether oxygens (including phenoxy) is 2. The first-order valence-corrected chi connectivity index (χ1v) is 7.84. The Balaban J connectivity index is 1.82. The fourth-order valence-electron chi connectivity index (χ4n) is 1.90. The SMILES string of the molecule is CCC(C)S(=O)CCCc1ccc2c(c1)OCO2. The van der Waals surface area contributed by atoms with Gasteiger partial charge < -0.3 is 9.47 Å². The lowest BCUT2D eigenvalue weighted by atomic mass is 10.1. The van der Waals surface area contributed by atoms with Crippen LogP contribution in [0.25, 0.3) is 0 Å². The molecule has 0 bridgehead atoms. The highest BCUT2D eigenvalue weighted by Gasteiger charge is 2.13. The van der Waals surface area contributed by atoms with Crippen LogP contribution in [0.3, 0.4) is 0 Å². The Labute approximate surface area is 111 Å². The summed E-state index contributed by atoms with van der Waals surface area (Å²) in [5.41, 5.74) is 1.22. The second kappa shape index (κ2) is 6.23. The molecule has 2 atom stereocenters. The molecule has 0 amide bonds. The minimum atomic E-state index is -0.694. The minimum absolute atomic E-state index is 0.307. The molecule has 0 aromatic heterocycles. The third kappa shape index (κ3) is 3.25. The molecule has 1 aliphatic rings. The highest BCUT2D eigenvalue weighted by Crippen LogP contribution is 2.32. The first-order valence-electron chi connectivity index (χ1n) is 6.46. The molecule has 0 aliphatic carbocycles. The summed E-state index contributed by atoms with van der Waals surface area (Å²) >= 11 is 0. The molecule has 2 unspecified atom stereocenters. The van der Waals surface area contributed by atoms with Crippen molar-refractivity contribution in [2.24, 2.45) is 0 Å². The fraction of sp³-hybridized carbons (Fsp3) is 0.571. The molecule has 0 radical (unpaired) electrons. The van der Waals surface area contributed by atoms with Crippen LogP contribution in [0.15, 0.2) is 18.2 Å². The predicted molar refractivity (Wildman–Crippen MR) is 73.6 cm³/mol. The van der Waals surface area contributed by atoms with Gasteiger partial charge >= 0.3 is 0 Å². The number of benzene rings is 1. The lowest BCUT2D eigenvalue weighted by Gasteiger charge is -2.08. The van der Waals surface area contributed by atoms with E-state index in [1.54, 1.807) is 0 Å². The Morgan fingerprint density at radius 1 is 1.33 bits per heavy atom. The molecule has 1 aromatic carbocycles. The van der Waals surface area contributed by atoms with Gasteiger partial charge in [-0.15, -0.1) is 0 Å². The van der Waals surface area contributed by atoms with E-state index >= 15 is 0 Å². The molecule has 3 nitrogen and oxygen atoms in total. The monoisotopic (exact) mass is 268 g/mol. The summed E-state index contributed by atoms with van der Waals surface area (Å²) in [7, 11) is -0.694. The average Bonchev–Trinajstić information content (AvgIpc) is 2.85. The van der Waals surface area contributed by atoms with Crippen molar-refractivity contribution in [3.8, 4) is 11.5 Å². The van der Waals surface area contributed by atoms with E-state index in [9.17, 15) is 4.21 Å². The molecule has 1 heterocycles. The summed E-state index contributed by atoms with van der Waals surface area (Å²) in [5.74, 6) is 2.43. The van der Waals surface area contributed by atoms with Crippen LogP contribution in [0, 0.1) is 0 Å². The Morgan fingerprint density at radius 3 is 2.89 bits per heavy atom. The minimum Gasteiger partial charge on any atom is -0.454 e. The van der Waals surface area contributed by atoms with Crippen molar-refractivity contribution in [3.05, 3.63) is 23.8 Å². The fourth-order valence-corrected chi connectivity index (χ4v) is 3.11. The van der Waals surface area contributed by atoms with Crippen molar-refractivity contribution in [1.29, 1.82) is 0 Å². The summed E-state index contributed by atoms with van der Waals surface area (Å²) < 4.78 is 22.4. The van der Waals surface area contributed by atoms with Crippen molar-refractivity contribution in [3.63, 3.8) is 0 Å². The Hall–Kier alpha value is -1.03. The molecule has 0 N–H and O–H groups in total. The van der Waals surface area contributed by atoms with Crippen LogP contribution >= 0.6 is 0 Å². The van der Waals surface area contributed by atoms with Crippen molar-refractivity contribution in [2.75, 3.05) is 12.5 Å². The summed E-state index contributed by atoms with van der Waals surface area (Å²) in [6, 6.07) is 6.03. The van der Waals surface area contributed by atoms with E-state index in [0.29, 0.717) is 12.0 Å². The van der Waals surface area contributed by atoms with Crippen LogP contribution in [0.2, 0.25) is 0 Å². The summed E-state index contributed by atoms with van der Waals surface area (Å²) in [4.78, 5) is 0. The van der Waals surface area contributed by atoms with Gasteiger partial charge in [-0.25, -0.2) is 0 Å². The van der Waals surface area contributed by atoms with E-state index in [1.165, 1.54) is 5.56 Å². The summed E-state index contributed by atoms with van der Waals surface area (Å²) in [6.45, 7) is 4.45. The van der Waals surface area contributed by atoms with Crippen molar-refractivity contribution < 1.29 is 13.7 Å². The zero-order valence-corrected chi connectivity index (χ0v) is 11.8. The zero-order chi connectivity index (χ0) is 13.0. The molecule has 1 aliphatic heterocycles. The lowest BCUT2D eigenvalue weighted by molar-refractivity contribution is 0.174. The molecule has 4 heteroatoms. The molecule has 0 saturated carbocycles. The highest BCUT2D eigenvalue weighted by atomic mass is 32.2. The lowest BCUT2D eigenvalue weighted by Crippen LogP contribution is -2.13. The van der Waals surface area contributed by atoms with Gasteiger partial charge in [0.25, 0.3) is 0 Å². The van der Waals surface area contributed by atoms with E-state index in [-0.39, 0.29) is 0 Å². The van der Waals surface area contributed by atoms with Crippen LogP contribution in [0.1, 0.15) is 32.3 Å². The van der Waals surface area contributed by atoms with Gasteiger partial charge in [0.05, 0.1) is 0 Å². The standard InChI is InChI=1S/C14H20O3S/c1-3-11(2)18(15)8-4-5-12-6-7-13-14(9-12)17-10-16-13/h6-7,9,11H,3-5,8,10H2,1-2H3. The van der Waals surface area contributed by atoms with Crippen molar-refractivity contribution in [2.45, 2.75) is 38.4 Å². The normalized spacial score (nSPS) is 16.6. The maximum absolute atomic E-state index is 11.8. The van der Waals surface area contributed by atoms with E-state index in [0.717, 1.165) is 36.5 Å². The van der Waals surface area contributed by atoms with Gasteiger partial charge in [0.15, 0.2) is 11.5 Å². The Kier molecular flexibility index (Phi) is 4.64. The van der Waals surface area contributed by atoms with Crippen molar-refractivity contribution in [1.82, 2.24) is 0 Å². The maximum atomic E-state index is 11.8. The molecule has 0 saturated heterocycles. The van der Waals surface area contributed by atoms with Gasteiger partial charge in [0, 0.05) is 21.8 Å². The molecule has 0 spiro atoms.